The molecule has 0 aliphatic rings. The van der Waals surface area contributed by atoms with Crippen LogP contribution >= 0.6 is 0 Å². The highest BCUT2D eigenvalue weighted by Gasteiger charge is 2.17. The van der Waals surface area contributed by atoms with Gasteiger partial charge in [-0.2, -0.15) is 5.10 Å². The van der Waals surface area contributed by atoms with Crippen molar-refractivity contribution in [1.29, 1.82) is 0 Å². The Morgan fingerprint density at radius 1 is 1.38 bits per heavy atom. The smallest absolute Gasteiger partial charge is 0.227 e. The number of amides is 1. The predicted molar refractivity (Wildman–Crippen MR) is 95.1 cm³/mol. The first kappa shape index (κ1) is 18.0. The minimum absolute atomic E-state index is 0.0881. The summed E-state index contributed by atoms with van der Waals surface area (Å²) >= 11 is 0. The average molecular weight is 329 g/mol. The quantitative estimate of drug-likeness (QED) is 0.699. The lowest BCUT2D eigenvalue weighted by Crippen LogP contribution is -2.34. The fraction of sp³-hybridized carbons (Fsp3) is 0.474. The van der Waals surface area contributed by atoms with Crippen LogP contribution in [0, 0.1) is 19.8 Å². The number of aryl methyl sites for hydroxylation is 2. The number of benzene rings is 1. The van der Waals surface area contributed by atoms with Crippen LogP contribution in [0.15, 0.2) is 36.7 Å². The van der Waals surface area contributed by atoms with Crippen LogP contribution in [0.25, 0.3) is 0 Å². The first-order valence-corrected chi connectivity index (χ1v) is 8.40. The van der Waals surface area contributed by atoms with Gasteiger partial charge in [-0.1, -0.05) is 19.1 Å². The summed E-state index contributed by atoms with van der Waals surface area (Å²) in [5.74, 6) is 0.975. The first-order valence-electron chi connectivity index (χ1n) is 8.40. The van der Waals surface area contributed by atoms with Crippen LogP contribution < -0.4 is 4.74 Å². The van der Waals surface area contributed by atoms with Crippen LogP contribution in [-0.2, 0) is 11.3 Å². The molecule has 2 aromatic rings. The molecule has 0 aliphatic heterocycles. The molecular formula is C19H27N3O2. The topological polar surface area (TPSA) is 47.4 Å². The highest BCUT2D eigenvalue weighted by atomic mass is 16.5. The second-order valence-electron chi connectivity index (χ2n) is 6.36. The van der Waals surface area contributed by atoms with Crippen LogP contribution in [0.4, 0.5) is 0 Å². The summed E-state index contributed by atoms with van der Waals surface area (Å²) in [5, 5.41) is 4.15. The predicted octanol–water partition coefficient (Wildman–Crippen LogP) is 3.06. The molecule has 130 valence electrons. The van der Waals surface area contributed by atoms with Gasteiger partial charge in [0.05, 0.1) is 19.1 Å². The van der Waals surface area contributed by atoms with Gasteiger partial charge < -0.3 is 9.64 Å². The van der Waals surface area contributed by atoms with E-state index in [1.54, 1.807) is 15.8 Å². The van der Waals surface area contributed by atoms with Crippen LogP contribution in [0.5, 0.6) is 5.75 Å². The number of rotatable bonds is 8. The maximum absolute atomic E-state index is 12.4. The third-order valence-electron chi connectivity index (χ3n) is 4.06. The summed E-state index contributed by atoms with van der Waals surface area (Å²) in [6.07, 6.45) is 4.41. The number of aromatic nitrogens is 2. The molecule has 1 amide bonds. The Bertz CT molecular complexity index is 653. The SMILES string of the molecule is Cc1ccc(C)c(OCCCN(C)C(=O)C(C)Cn2cccn2)c1. The molecule has 0 N–H and O–H groups in total. The molecule has 1 aromatic heterocycles. The Balaban J connectivity index is 1.73. The molecule has 0 bridgehead atoms. The highest BCUT2D eigenvalue weighted by molar-refractivity contribution is 5.78. The molecule has 0 aliphatic carbocycles. The second kappa shape index (κ2) is 8.52. The van der Waals surface area contributed by atoms with Gasteiger partial charge in [0, 0.05) is 26.0 Å². The van der Waals surface area contributed by atoms with E-state index in [2.05, 4.69) is 30.2 Å². The molecule has 0 saturated carbocycles. The third kappa shape index (κ3) is 5.11. The number of hydrogen-bond donors (Lipinski definition) is 0. The van der Waals surface area contributed by atoms with Crippen LogP contribution in [0.2, 0.25) is 0 Å². The van der Waals surface area contributed by atoms with Crippen molar-refractivity contribution in [3.63, 3.8) is 0 Å². The molecule has 0 fully saturated rings. The third-order valence-corrected chi connectivity index (χ3v) is 4.06. The van der Waals surface area contributed by atoms with Crippen LogP contribution in [-0.4, -0.2) is 40.8 Å². The molecule has 1 atom stereocenters. The summed E-state index contributed by atoms with van der Waals surface area (Å²) < 4.78 is 7.63. The molecule has 1 unspecified atom stereocenters. The molecule has 24 heavy (non-hydrogen) atoms. The minimum Gasteiger partial charge on any atom is -0.493 e. The lowest BCUT2D eigenvalue weighted by molar-refractivity contribution is -0.134. The van der Waals surface area contributed by atoms with Crippen molar-refractivity contribution in [3.8, 4) is 5.75 Å². The van der Waals surface area contributed by atoms with Crippen molar-refractivity contribution in [2.75, 3.05) is 20.2 Å². The maximum atomic E-state index is 12.4. The summed E-state index contributed by atoms with van der Waals surface area (Å²) in [7, 11) is 1.85. The van der Waals surface area contributed by atoms with Gasteiger partial charge in [0.25, 0.3) is 0 Å². The van der Waals surface area contributed by atoms with E-state index in [0.717, 1.165) is 17.7 Å². The normalized spacial score (nSPS) is 12.0. The van der Waals surface area contributed by atoms with E-state index >= 15 is 0 Å². The Morgan fingerprint density at radius 3 is 2.88 bits per heavy atom. The van der Waals surface area contributed by atoms with E-state index < -0.39 is 0 Å². The summed E-state index contributed by atoms with van der Waals surface area (Å²) in [5.41, 5.74) is 2.33. The fourth-order valence-corrected chi connectivity index (χ4v) is 2.60. The second-order valence-corrected chi connectivity index (χ2v) is 6.36. The molecule has 2 rings (SSSR count). The lowest BCUT2D eigenvalue weighted by Gasteiger charge is -2.21. The standard InChI is InChI=1S/C19H27N3O2/c1-15-7-8-16(2)18(13-15)24-12-6-10-21(4)19(23)17(3)14-22-11-5-9-20-22/h5,7-9,11,13,17H,6,10,12,14H2,1-4H3. The Kier molecular flexibility index (Phi) is 6.41. The first-order chi connectivity index (χ1) is 11.5. The van der Waals surface area contributed by atoms with E-state index in [9.17, 15) is 4.79 Å². The van der Waals surface area contributed by atoms with Gasteiger partial charge in [-0.3, -0.25) is 9.48 Å². The Hall–Kier alpha value is -2.30. The molecule has 5 nitrogen and oxygen atoms in total. The zero-order chi connectivity index (χ0) is 17.5. The van der Waals surface area contributed by atoms with E-state index in [4.69, 9.17) is 4.74 Å². The van der Waals surface area contributed by atoms with Gasteiger partial charge in [0.1, 0.15) is 5.75 Å². The van der Waals surface area contributed by atoms with E-state index in [0.29, 0.717) is 19.7 Å². The zero-order valence-electron chi connectivity index (χ0n) is 15.0. The lowest BCUT2D eigenvalue weighted by atomic mass is 10.1. The van der Waals surface area contributed by atoms with Crippen molar-refractivity contribution < 1.29 is 9.53 Å². The number of hydrogen-bond acceptors (Lipinski definition) is 3. The van der Waals surface area contributed by atoms with Crippen LogP contribution in [0.1, 0.15) is 24.5 Å². The monoisotopic (exact) mass is 329 g/mol. The van der Waals surface area contributed by atoms with E-state index in [1.165, 1.54) is 5.56 Å². The number of nitrogens with zero attached hydrogens (tertiary/aromatic N) is 3. The summed E-state index contributed by atoms with van der Waals surface area (Å²) in [4.78, 5) is 14.2. The van der Waals surface area contributed by atoms with E-state index in [1.807, 2.05) is 33.2 Å². The molecule has 0 spiro atoms. The highest BCUT2D eigenvalue weighted by Crippen LogP contribution is 2.19. The van der Waals surface area contributed by atoms with Crippen molar-refractivity contribution in [3.05, 3.63) is 47.8 Å². The van der Waals surface area contributed by atoms with Crippen molar-refractivity contribution in [1.82, 2.24) is 14.7 Å². The zero-order valence-corrected chi connectivity index (χ0v) is 15.0. The van der Waals surface area contributed by atoms with Gasteiger partial charge in [-0.05, 0) is 43.5 Å². The molecule has 0 saturated heterocycles. The molecule has 1 heterocycles. The largest absolute Gasteiger partial charge is 0.493 e. The van der Waals surface area contributed by atoms with E-state index in [-0.39, 0.29) is 11.8 Å². The fourth-order valence-electron chi connectivity index (χ4n) is 2.60. The van der Waals surface area contributed by atoms with Crippen molar-refractivity contribution >= 4 is 5.91 Å². The van der Waals surface area contributed by atoms with Gasteiger partial charge >= 0.3 is 0 Å². The van der Waals surface area contributed by atoms with Gasteiger partial charge in [-0.15, -0.1) is 0 Å². The number of ether oxygens (including phenoxy) is 1. The maximum Gasteiger partial charge on any atom is 0.227 e. The molecule has 0 radical (unpaired) electrons. The Morgan fingerprint density at radius 2 is 2.17 bits per heavy atom. The van der Waals surface area contributed by atoms with Crippen molar-refractivity contribution in [2.45, 2.75) is 33.7 Å². The molecule has 1 aromatic carbocycles. The number of carbonyl (C=O) groups excluding carboxylic acids is 1. The van der Waals surface area contributed by atoms with Crippen LogP contribution in [0.3, 0.4) is 0 Å². The minimum atomic E-state index is -0.0881. The summed E-state index contributed by atoms with van der Waals surface area (Å²) in [6.45, 7) is 7.94. The molecular weight excluding hydrogens is 302 g/mol. The molecule has 5 heteroatoms. The van der Waals surface area contributed by atoms with Gasteiger partial charge in [-0.25, -0.2) is 0 Å². The van der Waals surface area contributed by atoms with Crippen molar-refractivity contribution in [2.24, 2.45) is 5.92 Å². The summed E-state index contributed by atoms with van der Waals surface area (Å²) in [6, 6.07) is 8.06. The average Bonchev–Trinajstić information content (AvgIpc) is 3.06. The Labute approximate surface area is 144 Å². The van der Waals surface area contributed by atoms with Gasteiger partial charge in [0.15, 0.2) is 0 Å². The van der Waals surface area contributed by atoms with Gasteiger partial charge in [0.2, 0.25) is 5.91 Å². The number of carbonyl (C=O) groups is 1.